The van der Waals surface area contributed by atoms with Crippen molar-refractivity contribution in [1.82, 2.24) is 19.9 Å². The van der Waals surface area contributed by atoms with Crippen molar-refractivity contribution in [3.05, 3.63) is 60.7 Å². The molecule has 0 unspecified atom stereocenters. The Balaban J connectivity index is 1.34. The number of nitrogens with zero attached hydrogens (tertiary/aromatic N) is 3. The predicted molar refractivity (Wildman–Crippen MR) is 106 cm³/mol. The molecule has 0 saturated carbocycles. The van der Waals surface area contributed by atoms with Crippen LogP contribution >= 0.6 is 0 Å². The van der Waals surface area contributed by atoms with Crippen LogP contribution in [0.3, 0.4) is 0 Å². The Hall–Kier alpha value is -2.67. The summed E-state index contributed by atoms with van der Waals surface area (Å²) in [6.45, 7) is 0.168. The number of aromatic amines is 1. The van der Waals surface area contributed by atoms with Crippen molar-refractivity contribution in [2.24, 2.45) is 5.92 Å². The molecule has 152 valence electrons. The quantitative estimate of drug-likeness (QED) is 0.659. The zero-order chi connectivity index (χ0) is 20.3. The van der Waals surface area contributed by atoms with E-state index in [9.17, 15) is 13.2 Å². The summed E-state index contributed by atoms with van der Waals surface area (Å²) in [6.07, 6.45) is 1.85. The summed E-state index contributed by atoms with van der Waals surface area (Å²) in [6, 6.07) is 14.0. The van der Waals surface area contributed by atoms with Gasteiger partial charge in [0.1, 0.15) is 5.82 Å². The molecule has 0 radical (unpaired) electrons. The number of H-pyrrole nitrogens is 1. The average Bonchev–Trinajstić information content (AvgIpc) is 3.18. The second-order valence-electron chi connectivity index (χ2n) is 7.57. The summed E-state index contributed by atoms with van der Waals surface area (Å²) in [5.74, 6) is 1.23. The maximum absolute atomic E-state index is 12.5. The molecule has 1 aromatic carbocycles. The fourth-order valence-electron chi connectivity index (χ4n) is 3.81. The van der Waals surface area contributed by atoms with Gasteiger partial charge in [0, 0.05) is 29.9 Å². The third-order valence-electron chi connectivity index (χ3n) is 5.35. The predicted octanol–water partition coefficient (Wildman–Crippen LogP) is 4.96. The Labute approximate surface area is 167 Å². The Kier molecular flexibility index (Phi) is 5.67. The van der Waals surface area contributed by atoms with E-state index >= 15 is 0 Å². The van der Waals surface area contributed by atoms with Crippen molar-refractivity contribution >= 4 is 0 Å². The molecule has 1 N–H and O–H groups in total. The van der Waals surface area contributed by atoms with Gasteiger partial charge in [-0.05, 0) is 44.0 Å². The first-order valence-corrected chi connectivity index (χ1v) is 9.81. The Morgan fingerprint density at radius 2 is 1.72 bits per heavy atom. The molecule has 1 aliphatic rings. The van der Waals surface area contributed by atoms with Gasteiger partial charge in [0.25, 0.3) is 0 Å². The van der Waals surface area contributed by atoms with Gasteiger partial charge >= 0.3 is 6.18 Å². The smallest absolute Gasteiger partial charge is 0.348 e. The van der Waals surface area contributed by atoms with Crippen molar-refractivity contribution in [3.8, 4) is 22.5 Å². The molecule has 3 aromatic rings. The van der Waals surface area contributed by atoms with Crippen LogP contribution in [0.25, 0.3) is 22.5 Å². The average molecular weight is 400 g/mol. The second-order valence-corrected chi connectivity index (χ2v) is 7.57. The molecular weight excluding hydrogens is 377 g/mol. The summed E-state index contributed by atoms with van der Waals surface area (Å²) in [5.41, 5.74) is 3.75. The zero-order valence-electron chi connectivity index (χ0n) is 16.0. The molecule has 0 amide bonds. The minimum absolute atomic E-state index is 0.358. The molecule has 0 aliphatic carbocycles. The molecule has 3 heterocycles. The van der Waals surface area contributed by atoms with Gasteiger partial charge < -0.3 is 4.98 Å². The van der Waals surface area contributed by atoms with Crippen LogP contribution in [0.5, 0.6) is 0 Å². The number of halogens is 3. The number of benzene rings is 1. The number of alkyl halides is 3. The number of aromatic nitrogens is 3. The van der Waals surface area contributed by atoms with Gasteiger partial charge in [-0.15, -0.1) is 0 Å². The molecule has 0 atom stereocenters. The van der Waals surface area contributed by atoms with E-state index in [-0.39, 0.29) is 0 Å². The van der Waals surface area contributed by atoms with Crippen LogP contribution in [-0.2, 0) is 6.42 Å². The lowest BCUT2D eigenvalue weighted by molar-refractivity contribution is -0.148. The van der Waals surface area contributed by atoms with E-state index in [1.165, 1.54) is 4.90 Å². The van der Waals surface area contributed by atoms with Gasteiger partial charge in [-0.3, -0.25) is 9.88 Å². The summed E-state index contributed by atoms with van der Waals surface area (Å²) in [7, 11) is 0. The number of imidazole rings is 1. The summed E-state index contributed by atoms with van der Waals surface area (Å²) in [4.78, 5) is 13.9. The highest BCUT2D eigenvalue weighted by molar-refractivity contribution is 5.64. The summed E-state index contributed by atoms with van der Waals surface area (Å²) >= 11 is 0. The molecule has 29 heavy (non-hydrogen) atoms. The minimum Gasteiger partial charge on any atom is -0.348 e. The first-order chi connectivity index (χ1) is 14.0. The number of nitrogens with one attached hydrogen (secondary N) is 1. The number of likely N-dealkylation sites (tertiary alicyclic amines) is 1. The molecule has 4 nitrogen and oxygen atoms in total. The topological polar surface area (TPSA) is 44.8 Å². The minimum atomic E-state index is -4.12. The van der Waals surface area contributed by atoms with Crippen LogP contribution in [-0.4, -0.2) is 45.7 Å². The third-order valence-corrected chi connectivity index (χ3v) is 5.35. The van der Waals surface area contributed by atoms with Gasteiger partial charge in [-0.2, -0.15) is 13.2 Å². The maximum atomic E-state index is 12.5. The normalized spacial score (nSPS) is 16.2. The summed E-state index contributed by atoms with van der Waals surface area (Å²) in [5, 5.41) is 0. The van der Waals surface area contributed by atoms with Crippen LogP contribution in [0, 0.1) is 5.92 Å². The van der Waals surface area contributed by atoms with E-state index in [0.717, 1.165) is 47.6 Å². The van der Waals surface area contributed by atoms with Gasteiger partial charge in [0.05, 0.1) is 17.9 Å². The number of hydrogen-bond donors (Lipinski definition) is 1. The fraction of sp³-hybridized carbons (Fsp3) is 0.364. The monoisotopic (exact) mass is 400 g/mol. The van der Waals surface area contributed by atoms with Gasteiger partial charge in [-0.25, -0.2) is 4.98 Å². The molecule has 1 saturated heterocycles. The Morgan fingerprint density at radius 3 is 2.38 bits per heavy atom. The fourth-order valence-corrected chi connectivity index (χ4v) is 3.81. The van der Waals surface area contributed by atoms with E-state index in [4.69, 9.17) is 0 Å². The van der Waals surface area contributed by atoms with Crippen molar-refractivity contribution in [2.45, 2.75) is 25.4 Å². The van der Waals surface area contributed by atoms with Crippen LogP contribution in [0.15, 0.2) is 54.9 Å². The molecule has 7 heteroatoms. The van der Waals surface area contributed by atoms with Gasteiger partial charge in [0.15, 0.2) is 0 Å². The highest BCUT2D eigenvalue weighted by Gasteiger charge is 2.32. The lowest BCUT2D eigenvalue weighted by Crippen LogP contribution is -2.40. The highest BCUT2D eigenvalue weighted by Crippen LogP contribution is 2.26. The maximum Gasteiger partial charge on any atom is 0.401 e. The van der Waals surface area contributed by atoms with E-state index in [1.807, 2.05) is 54.9 Å². The van der Waals surface area contributed by atoms with Crippen LogP contribution in [0.4, 0.5) is 13.2 Å². The standard InChI is InChI=1S/C22H23F3N4/c23-22(24,25)15-29-10-8-16(9-11-29)12-21-27-14-20(28-21)18-6-7-19(26-13-18)17-4-2-1-3-5-17/h1-7,13-14,16H,8-12,15H2,(H,27,28). The van der Waals surface area contributed by atoms with Crippen molar-refractivity contribution in [1.29, 1.82) is 0 Å². The van der Waals surface area contributed by atoms with Crippen molar-refractivity contribution in [3.63, 3.8) is 0 Å². The lowest BCUT2D eigenvalue weighted by Gasteiger charge is -2.32. The van der Waals surface area contributed by atoms with Crippen LogP contribution in [0.1, 0.15) is 18.7 Å². The van der Waals surface area contributed by atoms with Gasteiger partial charge in [0.2, 0.25) is 0 Å². The van der Waals surface area contributed by atoms with Crippen LogP contribution in [0.2, 0.25) is 0 Å². The molecule has 2 aromatic heterocycles. The molecule has 1 aliphatic heterocycles. The second kappa shape index (κ2) is 8.37. The Morgan fingerprint density at radius 1 is 0.966 bits per heavy atom. The lowest BCUT2D eigenvalue weighted by atomic mass is 9.93. The number of piperidine rings is 1. The largest absolute Gasteiger partial charge is 0.401 e. The molecule has 1 fully saturated rings. The van der Waals surface area contributed by atoms with E-state index < -0.39 is 12.7 Å². The SMILES string of the molecule is FC(F)(F)CN1CCC(Cc2nc(-c3ccc(-c4ccccc4)nc3)c[nH]2)CC1. The van der Waals surface area contributed by atoms with E-state index in [2.05, 4.69) is 15.0 Å². The number of hydrogen-bond acceptors (Lipinski definition) is 3. The van der Waals surface area contributed by atoms with E-state index in [0.29, 0.717) is 19.0 Å². The summed E-state index contributed by atoms with van der Waals surface area (Å²) < 4.78 is 37.5. The molecule has 4 rings (SSSR count). The zero-order valence-corrected chi connectivity index (χ0v) is 16.0. The van der Waals surface area contributed by atoms with Crippen molar-refractivity contribution in [2.75, 3.05) is 19.6 Å². The number of pyridine rings is 1. The van der Waals surface area contributed by atoms with E-state index in [1.54, 1.807) is 0 Å². The Bertz CT molecular complexity index is 911. The molecule has 0 spiro atoms. The van der Waals surface area contributed by atoms with Gasteiger partial charge in [-0.1, -0.05) is 30.3 Å². The third kappa shape index (κ3) is 5.23. The number of rotatable bonds is 5. The first-order valence-electron chi connectivity index (χ1n) is 9.81. The van der Waals surface area contributed by atoms with Crippen molar-refractivity contribution < 1.29 is 13.2 Å². The van der Waals surface area contributed by atoms with Crippen LogP contribution < -0.4 is 0 Å². The first kappa shape index (κ1) is 19.6. The molecule has 0 bridgehead atoms. The highest BCUT2D eigenvalue weighted by atomic mass is 19.4. The molecular formula is C22H23F3N4.